The van der Waals surface area contributed by atoms with Crippen LogP contribution in [0.4, 0.5) is 0 Å². The molecular formula is C42H23N3O2. The molecule has 218 valence electrons. The summed E-state index contributed by atoms with van der Waals surface area (Å²) < 4.78 is 15.2. The second kappa shape index (κ2) is 9.05. The van der Waals surface area contributed by atoms with E-state index in [0.29, 0.717) is 5.95 Å². The molecule has 0 atom stereocenters. The quantitative estimate of drug-likeness (QED) is 0.198. The zero-order valence-corrected chi connectivity index (χ0v) is 24.9. The maximum absolute atomic E-state index is 6.54. The van der Waals surface area contributed by atoms with Crippen molar-refractivity contribution in [2.75, 3.05) is 0 Å². The normalized spacial score (nSPS) is 12.3. The number of hydrogen-bond donors (Lipinski definition) is 0. The summed E-state index contributed by atoms with van der Waals surface area (Å²) >= 11 is 0. The van der Waals surface area contributed by atoms with Gasteiger partial charge in [-0.25, -0.2) is 9.97 Å². The van der Waals surface area contributed by atoms with Gasteiger partial charge in [-0.15, -0.1) is 0 Å². The molecule has 0 aliphatic carbocycles. The summed E-state index contributed by atoms with van der Waals surface area (Å²) in [5.41, 5.74) is 8.23. The van der Waals surface area contributed by atoms with Crippen LogP contribution in [0, 0.1) is 0 Å². The molecule has 11 rings (SSSR count). The van der Waals surface area contributed by atoms with E-state index in [4.69, 9.17) is 18.8 Å². The van der Waals surface area contributed by atoms with Crippen molar-refractivity contribution < 1.29 is 8.83 Å². The van der Waals surface area contributed by atoms with Crippen molar-refractivity contribution in [2.24, 2.45) is 0 Å². The van der Waals surface area contributed by atoms with Crippen LogP contribution in [0.5, 0.6) is 0 Å². The molecule has 0 amide bonds. The number of rotatable bonds is 2. The average molecular weight is 602 g/mol. The van der Waals surface area contributed by atoms with Gasteiger partial charge >= 0.3 is 0 Å². The van der Waals surface area contributed by atoms with Gasteiger partial charge in [0, 0.05) is 37.9 Å². The maximum Gasteiger partial charge on any atom is 0.235 e. The van der Waals surface area contributed by atoms with Gasteiger partial charge in [-0.1, -0.05) is 97.1 Å². The lowest BCUT2D eigenvalue weighted by atomic mass is 9.96. The smallest absolute Gasteiger partial charge is 0.235 e. The van der Waals surface area contributed by atoms with Gasteiger partial charge < -0.3 is 8.83 Å². The van der Waals surface area contributed by atoms with Crippen molar-refractivity contribution in [3.05, 3.63) is 140 Å². The van der Waals surface area contributed by atoms with Crippen LogP contribution in [0.1, 0.15) is 0 Å². The predicted molar refractivity (Wildman–Crippen MR) is 191 cm³/mol. The second-order valence-electron chi connectivity index (χ2n) is 12.1. The molecule has 11 aromatic rings. The summed E-state index contributed by atoms with van der Waals surface area (Å²) in [5.74, 6) is 0.606. The Hall–Kier alpha value is -6.46. The van der Waals surface area contributed by atoms with Gasteiger partial charge in [-0.3, -0.25) is 4.57 Å². The Morgan fingerprint density at radius 1 is 0.426 bits per heavy atom. The van der Waals surface area contributed by atoms with Gasteiger partial charge in [-0.05, 0) is 53.2 Å². The molecule has 0 bridgehead atoms. The van der Waals surface area contributed by atoms with Crippen molar-refractivity contribution >= 4 is 87.4 Å². The SMILES string of the molecule is c1ccc2c(-c3cc4oc5ccccc5c4c4ccccc34)nc(-n3c4ccccc4c4c5oc6ccccc6c5ccc43)nc2c1. The zero-order chi connectivity index (χ0) is 30.6. The van der Waals surface area contributed by atoms with E-state index in [2.05, 4.69) is 114 Å². The molecule has 5 nitrogen and oxygen atoms in total. The van der Waals surface area contributed by atoms with Crippen LogP contribution in [0.15, 0.2) is 148 Å². The Labute approximate surface area is 266 Å². The third-order valence-electron chi connectivity index (χ3n) is 9.61. The molecule has 0 aliphatic rings. The molecule has 0 saturated heterocycles. The Morgan fingerprint density at radius 3 is 1.94 bits per heavy atom. The van der Waals surface area contributed by atoms with E-state index < -0.39 is 0 Å². The lowest BCUT2D eigenvalue weighted by molar-refractivity contribution is 0.669. The molecule has 0 radical (unpaired) electrons. The highest BCUT2D eigenvalue weighted by Crippen LogP contribution is 2.43. The Kier molecular flexibility index (Phi) is 4.78. The topological polar surface area (TPSA) is 57.0 Å². The molecule has 7 aromatic carbocycles. The van der Waals surface area contributed by atoms with Crippen LogP contribution in [0.3, 0.4) is 0 Å². The minimum absolute atomic E-state index is 0.606. The summed E-state index contributed by atoms with van der Waals surface area (Å²) in [6, 6.07) is 48.2. The number of hydrogen-bond acceptors (Lipinski definition) is 4. The van der Waals surface area contributed by atoms with E-state index in [1.165, 1.54) is 0 Å². The molecule has 0 spiro atoms. The van der Waals surface area contributed by atoms with E-state index in [1.807, 2.05) is 30.3 Å². The van der Waals surface area contributed by atoms with Crippen LogP contribution in [0.25, 0.3) is 105 Å². The summed E-state index contributed by atoms with van der Waals surface area (Å²) in [5, 5.41) is 9.83. The first-order valence-corrected chi connectivity index (χ1v) is 15.8. The molecule has 0 fully saturated rings. The standard InChI is InChI=1S/C42H23N3O2/c1-2-13-26-24(11-1)31(23-37-38(26)30-16-6-10-20-36(30)46-37)40-28-14-3-7-17-32(28)43-42(44-40)45-33-18-8-4-15-29(33)39-34(45)22-21-27-25-12-5-9-19-35(25)47-41(27)39/h1-23H. The summed E-state index contributed by atoms with van der Waals surface area (Å²) in [6.45, 7) is 0. The maximum atomic E-state index is 6.54. The Balaban J connectivity index is 1.27. The third kappa shape index (κ3) is 3.32. The highest BCUT2D eigenvalue weighted by Gasteiger charge is 2.22. The van der Waals surface area contributed by atoms with Crippen molar-refractivity contribution in [1.29, 1.82) is 0 Å². The minimum atomic E-state index is 0.606. The molecular weight excluding hydrogens is 578 g/mol. The van der Waals surface area contributed by atoms with Gasteiger partial charge in [0.25, 0.3) is 0 Å². The largest absolute Gasteiger partial charge is 0.456 e. The van der Waals surface area contributed by atoms with Crippen molar-refractivity contribution in [3.63, 3.8) is 0 Å². The predicted octanol–water partition coefficient (Wildman–Crippen LogP) is 11.3. The zero-order valence-electron chi connectivity index (χ0n) is 24.9. The van der Waals surface area contributed by atoms with Crippen LogP contribution in [-0.4, -0.2) is 14.5 Å². The fourth-order valence-electron chi connectivity index (χ4n) is 7.60. The first kappa shape index (κ1) is 24.8. The van der Waals surface area contributed by atoms with Gasteiger partial charge in [0.05, 0.1) is 27.6 Å². The molecule has 4 heterocycles. The first-order chi connectivity index (χ1) is 23.3. The summed E-state index contributed by atoms with van der Waals surface area (Å²) in [7, 11) is 0. The van der Waals surface area contributed by atoms with Gasteiger partial charge in [0.15, 0.2) is 0 Å². The monoisotopic (exact) mass is 601 g/mol. The lowest BCUT2D eigenvalue weighted by Crippen LogP contribution is -2.03. The van der Waals surface area contributed by atoms with Crippen LogP contribution in [-0.2, 0) is 0 Å². The van der Waals surface area contributed by atoms with Crippen LogP contribution in [0.2, 0.25) is 0 Å². The lowest BCUT2D eigenvalue weighted by Gasteiger charge is -2.13. The number of nitrogens with zero attached hydrogens (tertiary/aromatic N) is 3. The van der Waals surface area contributed by atoms with Crippen LogP contribution >= 0.6 is 0 Å². The fraction of sp³-hybridized carbons (Fsp3) is 0. The van der Waals surface area contributed by atoms with Gasteiger partial charge in [-0.2, -0.15) is 0 Å². The van der Waals surface area contributed by atoms with E-state index >= 15 is 0 Å². The number of fused-ring (bicyclic) bond motifs is 13. The number of benzene rings is 7. The van der Waals surface area contributed by atoms with Crippen LogP contribution < -0.4 is 0 Å². The van der Waals surface area contributed by atoms with Crippen molar-refractivity contribution in [3.8, 4) is 17.2 Å². The van der Waals surface area contributed by atoms with Crippen molar-refractivity contribution in [1.82, 2.24) is 14.5 Å². The second-order valence-corrected chi connectivity index (χ2v) is 12.1. The molecule has 5 heteroatoms. The van der Waals surface area contributed by atoms with E-state index in [1.54, 1.807) is 0 Å². The number of furan rings is 2. The Bertz CT molecular complexity index is 3090. The first-order valence-electron chi connectivity index (χ1n) is 15.8. The summed E-state index contributed by atoms with van der Waals surface area (Å²) in [4.78, 5) is 10.6. The Morgan fingerprint density at radius 2 is 1.09 bits per heavy atom. The van der Waals surface area contributed by atoms with Crippen molar-refractivity contribution in [2.45, 2.75) is 0 Å². The summed E-state index contributed by atoms with van der Waals surface area (Å²) in [6.07, 6.45) is 0. The van der Waals surface area contributed by atoms with E-state index in [9.17, 15) is 0 Å². The third-order valence-corrected chi connectivity index (χ3v) is 9.61. The molecule has 47 heavy (non-hydrogen) atoms. The molecule has 0 saturated carbocycles. The average Bonchev–Trinajstić information content (AvgIpc) is 3.80. The molecule has 0 unspecified atom stereocenters. The molecule has 0 N–H and O–H groups in total. The number of aromatic nitrogens is 3. The minimum Gasteiger partial charge on any atom is -0.456 e. The fourth-order valence-corrected chi connectivity index (χ4v) is 7.60. The molecule has 0 aliphatic heterocycles. The van der Waals surface area contributed by atoms with E-state index in [-0.39, 0.29) is 0 Å². The van der Waals surface area contributed by atoms with E-state index in [0.717, 1.165) is 98.6 Å². The highest BCUT2D eigenvalue weighted by molar-refractivity contribution is 6.24. The van der Waals surface area contributed by atoms with Gasteiger partial charge in [0.2, 0.25) is 5.95 Å². The highest BCUT2D eigenvalue weighted by atomic mass is 16.3. The molecule has 4 aromatic heterocycles. The van der Waals surface area contributed by atoms with Gasteiger partial charge in [0.1, 0.15) is 22.3 Å². The number of para-hydroxylation sites is 4.